The van der Waals surface area contributed by atoms with Crippen molar-refractivity contribution >= 4 is 17.6 Å². The van der Waals surface area contributed by atoms with Crippen LogP contribution in [-0.2, 0) is 4.79 Å². The first-order valence-electron chi connectivity index (χ1n) is 9.72. The van der Waals surface area contributed by atoms with E-state index in [4.69, 9.17) is 0 Å². The zero-order valence-electron chi connectivity index (χ0n) is 16.0. The second-order valence-electron chi connectivity index (χ2n) is 7.23. The van der Waals surface area contributed by atoms with Crippen LogP contribution in [0.3, 0.4) is 0 Å². The molecule has 0 bridgehead atoms. The van der Waals surface area contributed by atoms with E-state index in [0.717, 1.165) is 57.9 Å². The van der Waals surface area contributed by atoms with Crippen molar-refractivity contribution in [1.82, 2.24) is 15.5 Å². The van der Waals surface area contributed by atoms with Crippen LogP contribution in [0.15, 0.2) is 29.3 Å². The molecule has 1 amide bonds. The molecule has 1 aliphatic carbocycles. The highest BCUT2D eigenvalue weighted by Crippen LogP contribution is 2.19. The van der Waals surface area contributed by atoms with Gasteiger partial charge in [-0.1, -0.05) is 12.1 Å². The van der Waals surface area contributed by atoms with Crippen molar-refractivity contribution in [3.05, 3.63) is 29.8 Å². The first kappa shape index (κ1) is 18.5. The highest BCUT2D eigenvalue weighted by Gasteiger charge is 2.23. The van der Waals surface area contributed by atoms with E-state index < -0.39 is 0 Å². The number of carbonyl (C=O) groups is 1. The highest BCUT2D eigenvalue weighted by molar-refractivity contribution is 5.80. The standard InChI is InChI=1S/C20H31N5O/c1-16-5-3-6-18(15-16)24-11-13-25(14-12-24)20(21-2)22-10-4-7-19(26)23-17-8-9-17/h3,5-6,15,17H,4,7-14H2,1-2H3,(H,21,22)(H,23,26). The van der Waals surface area contributed by atoms with Gasteiger partial charge >= 0.3 is 0 Å². The molecule has 3 rings (SSSR count). The lowest BCUT2D eigenvalue weighted by atomic mass is 10.2. The van der Waals surface area contributed by atoms with E-state index in [0.29, 0.717) is 12.5 Å². The Balaban J connectivity index is 1.38. The van der Waals surface area contributed by atoms with Crippen molar-refractivity contribution in [2.75, 3.05) is 44.7 Å². The number of nitrogens with one attached hydrogen (secondary N) is 2. The summed E-state index contributed by atoms with van der Waals surface area (Å²) in [5.74, 6) is 1.12. The quantitative estimate of drug-likeness (QED) is 0.463. The second-order valence-corrected chi connectivity index (χ2v) is 7.23. The molecule has 6 nitrogen and oxygen atoms in total. The number of hydrogen-bond acceptors (Lipinski definition) is 3. The van der Waals surface area contributed by atoms with E-state index in [2.05, 4.69) is 56.6 Å². The average molecular weight is 358 g/mol. The number of carbonyl (C=O) groups excluding carboxylic acids is 1. The first-order valence-corrected chi connectivity index (χ1v) is 9.72. The summed E-state index contributed by atoms with van der Waals surface area (Å²) in [5, 5.41) is 6.44. The summed E-state index contributed by atoms with van der Waals surface area (Å²) in [6.45, 7) is 6.81. The number of anilines is 1. The maximum absolute atomic E-state index is 11.7. The highest BCUT2D eigenvalue weighted by atomic mass is 16.1. The summed E-state index contributed by atoms with van der Waals surface area (Å²) in [7, 11) is 1.83. The van der Waals surface area contributed by atoms with Gasteiger partial charge in [0.15, 0.2) is 5.96 Å². The van der Waals surface area contributed by atoms with Gasteiger partial charge in [0.05, 0.1) is 0 Å². The Bertz CT molecular complexity index is 633. The Morgan fingerprint density at radius 2 is 2.00 bits per heavy atom. The SMILES string of the molecule is CN=C(NCCCC(=O)NC1CC1)N1CCN(c2cccc(C)c2)CC1. The molecule has 142 valence electrons. The number of piperazine rings is 1. The van der Waals surface area contributed by atoms with E-state index in [1.165, 1.54) is 11.3 Å². The summed E-state index contributed by atoms with van der Waals surface area (Å²) >= 11 is 0. The molecule has 0 spiro atoms. The Morgan fingerprint density at radius 1 is 1.23 bits per heavy atom. The number of aliphatic imine (C=N–C) groups is 1. The smallest absolute Gasteiger partial charge is 0.220 e. The zero-order valence-corrected chi connectivity index (χ0v) is 16.0. The summed E-state index contributed by atoms with van der Waals surface area (Å²) in [4.78, 5) is 20.9. The van der Waals surface area contributed by atoms with Crippen LogP contribution in [0.4, 0.5) is 5.69 Å². The predicted octanol–water partition coefficient (Wildman–Crippen LogP) is 1.75. The molecule has 2 fully saturated rings. The molecule has 1 saturated heterocycles. The molecule has 0 aromatic heterocycles. The van der Waals surface area contributed by atoms with Crippen molar-refractivity contribution in [3.63, 3.8) is 0 Å². The van der Waals surface area contributed by atoms with Gasteiger partial charge in [-0.3, -0.25) is 9.79 Å². The topological polar surface area (TPSA) is 60.0 Å². The molecule has 1 heterocycles. The molecule has 6 heteroatoms. The fourth-order valence-corrected chi connectivity index (χ4v) is 3.31. The Hall–Kier alpha value is -2.24. The summed E-state index contributed by atoms with van der Waals surface area (Å²) < 4.78 is 0. The van der Waals surface area contributed by atoms with Crippen LogP contribution in [0.5, 0.6) is 0 Å². The fourth-order valence-electron chi connectivity index (χ4n) is 3.31. The van der Waals surface area contributed by atoms with Gasteiger partial charge in [0, 0.05) is 57.9 Å². The zero-order chi connectivity index (χ0) is 18.4. The largest absolute Gasteiger partial charge is 0.368 e. The number of hydrogen-bond donors (Lipinski definition) is 2. The summed E-state index contributed by atoms with van der Waals surface area (Å²) in [6, 6.07) is 9.14. The van der Waals surface area contributed by atoms with Gasteiger partial charge < -0.3 is 20.4 Å². The minimum Gasteiger partial charge on any atom is -0.368 e. The van der Waals surface area contributed by atoms with E-state index in [1.807, 2.05) is 7.05 Å². The molecule has 0 unspecified atom stereocenters. The van der Waals surface area contributed by atoms with Crippen molar-refractivity contribution in [1.29, 1.82) is 0 Å². The maximum atomic E-state index is 11.7. The minimum atomic E-state index is 0.177. The van der Waals surface area contributed by atoms with E-state index in [9.17, 15) is 4.79 Å². The average Bonchev–Trinajstić information content (AvgIpc) is 3.46. The van der Waals surface area contributed by atoms with Crippen LogP contribution in [-0.4, -0.2) is 62.6 Å². The van der Waals surface area contributed by atoms with Crippen molar-refractivity contribution < 1.29 is 4.79 Å². The third-order valence-corrected chi connectivity index (χ3v) is 4.96. The van der Waals surface area contributed by atoms with Crippen LogP contribution in [0.25, 0.3) is 0 Å². The molecular formula is C20H31N5O. The van der Waals surface area contributed by atoms with Crippen LogP contribution >= 0.6 is 0 Å². The Kier molecular flexibility index (Phi) is 6.36. The molecule has 0 atom stereocenters. The predicted molar refractivity (Wildman–Crippen MR) is 107 cm³/mol. The number of aryl methyl sites for hydroxylation is 1. The van der Waals surface area contributed by atoms with Crippen LogP contribution in [0.1, 0.15) is 31.2 Å². The third kappa shape index (κ3) is 5.38. The van der Waals surface area contributed by atoms with Crippen molar-refractivity contribution in [3.8, 4) is 0 Å². The fraction of sp³-hybridized carbons (Fsp3) is 0.600. The van der Waals surface area contributed by atoms with Gasteiger partial charge in [-0.15, -0.1) is 0 Å². The molecule has 2 N–H and O–H groups in total. The monoisotopic (exact) mass is 357 g/mol. The lowest BCUT2D eigenvalue weighted by Crippen LogP contribution is -2.52. The molecule has 1 aliphatic heterocycles. The lowest BCUT2D eigenvalue weighted by Gasteiger charge is -2.37. The van der Waals surface area contributed by atoms with E-state index >= 15 is 0 Å². The molecular weight excluding hydrogens is 326 g/mol. The van der Waals surface area contributed by atoms with E-state index in [1.54, 1.807) is 0 Å². The number of amides is 1. The molecule has 26 heavy (non-hydrogen) atoms. The Morgan fingerprint density at radius 3 is 2.65 bits per heavy atom. The lowest BCUT2D eigenvalue weighted by molar-refractivity contribution is -0.121. The van der Waals surface area contributed by atoms with Crippen LogP contribution in [0, 0.1) is 6.92 Å². The third-order valence-electron chi connectivity index (χ3n) is 4.96. The number of rotatable bonds is 6. The number of nitrogens with zero attached hydrogens (tertiary/aromatic N) is 3. The molecule has 0 radical (unpaired) electrons. The van der Waals surface area contributed by atoms with Gasteiger partial charge in [-0.25, -0.2) is 0 Å². The maximum Gasteiger partial charge on any atom is 0.220 e. The number of benzene rings is 1. The minimum absolute atomic E-state index is 0.177. The molecule has 2 aliphatic rings. The normalized spacial score (nSPS) is 18.0. The first-order chi connectivity index (χ1) is 12.7. The Labute approximate surface area is 156 Å². The number of guanidine groups is 1. The molecule has 1 saturated carbocycles. The molecule has 1 aromatic carbocycles. The van der Waals surface area contributed by atoms with Crippen molar-refractivity contribution in [2.24, 2.45) is 4.99 Å². The van der Waals surface area contributed by atoms with Crippen LogP contribution < -0.4 is 15.5 Å². The second kappa shape index (κ2) is 8.92. The van der Waals surface area contributed by atoms with E-state index in [-0.39, 0.29) is 5.91 Å². The van der Waals surface area contributed by atoms with Gasteiger partial charge in [0.1, 0.15) is 0 Å². The van der Waals surface area contributed by atoms with Crippen molar-refractivity contribution in [2.45, 2.75) is 38.6 Å². The van der Waals surface area contributed by atoms with Gasteiger partial charge in [0.25, 0.3) is 0 Å². The summed E-state index contributed by atoms with van der Waals surface area (Å²) in [5.41, 5.74) is 2.60. The van der Waals surface area contributed by atoms with Gasteiger partial charge in [-0.05, 0) is 43.9 Å². The van der Waals surface area contributed by atoms with Gasteiger partial charge in [0.2, 0.25) is 5.91 Å². The molecule has 1 aromatic rings. The summed E-state index contributed by atoms with van der Waals surface area (Å²) in [6.07, 6.45) is 3.71. The van der Waals surface area contributed by atoms with Gasteiger partial charge in [-0.2, -0.15) is 0 Å². The van der Waals surface area contributed by atoms with Crippen LogP contribution in [0.2, 0.25) is 0 Å².